The van der Waals surface area contributed by atoms with Crippen molar-refractivity contribution < 1.29 is 9.45 Å². The maximum absolute atomic E-state index is 10.7. The Morgan fingerprint density at radius 1 is 1.45 bits per heavy atom. The number of nitro benzene ring substituents is 1. The van der Waals surface area contributed by atoms with Crippen molar-refractivity contribution in [3.63, 3.8) is 0 Å². The molecule has 0 fully saturated rings. The van der Waals surface area contributed by atoms with Gasteiger partial charge in [-0.25, -0.2) is 0 Å². The summed E-state index contributed by atoms with van der Waals surface area (Å²) in [6, 6.07) is 5.76. The lowest BCUT2D eigenvalue weighted by Crippen LogP contribution is -2.13. The first-order valence-corrected chi connectivity index (χ1v) is 6.31. The van der Waals surface area contributed by atoms with E-state index < -0.39 is 4.92 Å². The van der Waals surface area contributed by atoms with Crippen molar-refractivity contribution in [3.05, 3.63) is 40.3 Å². The van der Waals surface area contributed by atoms with Gasteiger partial charge in [0.15, 0.2) is 0 Å². The van der Waals surface area contributed by atoms with Crippen molar-refractivity contribution in [2.45, 2.75) is 26.3 Å². The molecule has 0 bridgehead atoms. The molecule has 7 heteroatoms. The monoisotopic (exact) mass is 276 g/mol. The van der Waals surface area contributed by atoms with Gasteiger partial charge in [-0.3, -0.25) is 10.1 Å². The van der Waals surface area contributed by atoms with Crippen molar-refractivity contribution >= 4 is 5.69 Å². The van der Waals surface area contributed by atoms with Gasteiger partial charge in [0, 0.05) is 17.7 Å². The van der Waals surface area contributed by atoms with E-state index in [0.29, 0.717) is 23.2 Å². The molecule has 1 aromatic heterocycles. The lowest BCUT2D eigenvalue weighted by molar-refractivity contribution is -0.384. The van der Waals surface area contributed by atoms with E-state index in [2.05, 4.69) is 24.0 Å². The molecule has 0 spiro atoms. The Morgan fingerprint density at radius 2 is 2.20 bits per heavy atom. The summed E-state index contributed by atoms with van der Waals surface area (Å²) in [6.07, 6.45) is 0.733. The topological polar surface area (TPSA) is 108 Å². The molecule has 20 heavy (non-hydrogen) atoms. The largest absolute Gasteiger partial charge is 0.337 e. The van der Waals surface area contributed by atoms with Crippen molar-refractivity contribution in [1.29, 1.82) is 0 Å². The zero-order chi connectivity index (χ0) is 14.7. The number of nitrogens with two attached hydrogens (primary N) is 1. The zero-order valence-corrected chi connectivity index (χ0v) is 11.3. The minimum absolute atomic E-state index is 0.0136. The summed E-state index contributed by atoms with van der Waals surface area (Å²) in [5, 5.41) is 14.6. The van der Waals surface area contributed by atoms with Crippen LogP contribution in [0.15, 0.2) is 28.8 Å². The van der Waals surface area contributed by atoms with Crippen molar-refractivity contribution in [2.24, 2.45) is 11.7 Å². The molecular weight excluding hydrogens is 260 g/mol. The molecule has 1 atom stereocenters. The predicted molar refractivity (Wildman–Crippen MR) is 72.8 cm³/mol. The summed E-state index contributed by atoms with van der Waals surface area (Å²) in [4.78, 5) is 14.5. The minimum atomic E-state index is -0.463. The second-order valence-corrected chi connectivity index (χ2v) is 5.00. The van der Waals surface area contributed by atoms with Gasteiger partial charge in [0.2, 0.25) is 11.7 Å². The van der Waals surface area contributed by atoms with Gasteiger partial charge in [-0.1, -0.05) is 31.1 Å². The Hall–Kier alpha value is -2.28. The molecule has 7 nitrogen and oxygen atoms in total. The van der Waals surface area contributed by atoms with Crippen LogP contribution in [0.4, 0.5) is 5.69 Å². The standard InChI is InChI=1S/C13H16N4O3/c1-8(2)6-11(14)13-15-12(16-20-13)9-4-3-5-10(7-9)17(18)19/h3-5,7-8,11H,6,14H2,1-2H3. The summed E-state index contributed by atoms with van der Waals surface area (Å²) < 4.78 is 5.13. The second kappa shape index (κ2) is 5.79. The van der Waals surface area contributed by atoms with Crippen LogP contribution in [-0.4, -0.2) is 15.1 Å². The summed E-state index contributed by atoms with van der Waals surface area (Å²) in [5.41, 5.74) is 6.48. The highest BCUT2D eigenvalue weighted by atomic mass is 16.6. The number of non-ortho nitro benzene ring substituents is 1. The number of hydrogen-bond acceptors (Lipinski definition) is 6. The van der Waals surface area contributed by atoms with Crippen LogP contribution < -0.4 is 5.73 Å². The fourth-order valence-electron chi connectivity index (χ4n) is 1.87. The number of nitrogens with zero attached hydrogens (tertiary/aromatic N) is 3. The lowest BCUT2D eigenvalue weighted by atomic mass is 10.0. The highest BCUT2D eigenvalue weighted by Crippen LogP contribution is 2.24. The smallest absolute Gasteiger partial charge is 0.270 e. The molecule has 1 unspecified atom stereocenters. The Kier molecular flexibility index (Phi) is 4.09. The maximum atomic E-state index is 10.7. The summed E-state index contributed by atoms with van der Waals surface area (Å²) in [7, 11) is 0. The molecule has 106 valence electrons. The van der Waals surface area contributed by atoms with Gasteiger partial charge in [0.05, 0.1) is 11.0 Å². The van der Waals surface area contributed by atoms with Gasteiger partial charge in [-0.05, 0) is 12.3 Å². The van der Waals surface area contributed by atoms with E-state index in [4.69, 9.17) is 10.3 Å². The molecule has 0 aliphatic heterocycles. The second-order valence-electron chi connectivity index (χ2n) is 5.00. The maximum Gasteiger partial charge on any atom is 0.270 e. The zero-order valence-electron chi connectivity index (χ0n) is 11.3. The Balaban J connectivity index is 2.24. The van der Waals surface area contributed by atoms with Crippen molar-refractivity contribution in [1.82, 2.24) is 10.1 Å². The van der Waals surface area contributed by atoms with E-state index in [1.54, 1.807) is 12.1 Å². The van der Waals surface area contributed by atoms with E-state index in [0.717, 1.165) is 6.42 Å². The van der Waals surface area contributed by atoms with E-state index in [9.17, 15) is 10.1 Å². The van der Waals surface area contributed by atoms with Crippen LogP contribution in [-0.2, 0) is 0 Å². The summed E-state index contributed by atoms with van der Waals surface area (Å²) in [6.45, 7) is 4.11. The highest BCUT2D eigenvalue weighted by Gasteiger charge is 2.18. The fraction of sp³-hybridized carbons (Fsp3) is 0.385. The third-order valence-corrected chi connectivity index (χ3v) is 2.80. The first-order valence-electron chi connectivity index (χ1n) is 6.31. The van der Waals surface area contributed by atoms with Crippen LogP contribution in [0, 0.1) is 16.0 Å². The number of aromatic nitrogens is 2. The van der Waals surface area contributed by atoms with Crippen LogP contribution in [0.3, 0.4) is 0 Å². The quantitative estimate of drug-likeness (QED) is 0.664. The van der Waals surface area contributed by atoms with Crippen molar-refractivity contribution in [2.75, 3.05) is 0 Å². The van der Waals surface area contributed by atoms with Gasteiger partial charge in [-0.15, -0.1) is 0 Å². The van der Waals surface area contributed by atoms with E-state index in [1.807, 2.05) is 0 Å². The minimum Gasteiger partial charge on any atom is -0.337 e. The first-order chi connectivity index (χ1) is 9.47. The van der Waals surface area contributed by atoms with Crippen LogP contribution >= 0.6 is 0 Å². The number of hydrogen-bond donors (Lipinski definition) is 1. The van der Waals surface area contributed by atoms with Gasteiger partial charge in [0.25, 0.3) is 5.69 Å². The van der Waals surface area contributed by atoms with Crippen LogP contribution in [0.5, 0.6) is 0 Å². The molecule has 0 saturated heterocycles. The molecule has 1 aromatic carbocycles. The molecule has 2 N–H and O–H groups in total. The summed E-state index contributed by atoms with van der Waals surface area (Å²) in [5.74, 6) is 1.07. The molecule has 2 rings (SSSR count). The average molecular weight is 276 g/mol. The first kappa shape index (κ1) is 14.1. The van der Waals surface area contributed by atoms with E-state index in [1.165, 1.54) is 12.1 Å². The lowest BCUT2D eigenvalue weighted by Gasteiger charge is -2.08. The molecule has 1 heterocycles. The van der Waals surface area contributed by atoms with Gasteiger partial charge in [0.1, 0.15) is 0 Å². The van der Waals surface area contributed by atoms with Crippen LogP contribution in [0.2, 0.25) is 0 Å². The normalized spacial score (nSPS) is 12.6. The molecule has 2 aromatic rings. The third kappa shape index (κ3) is 3.18. The van der Waals surface area contributed by atoms with Gasteiger partial charge in [-0.2, -0.15) is 4.98 Å². The SMILES string of the molecule is CC(C)CC(N)c1nc(-c2cccc([N+](=O)[O-])c2)no1. The van der Waals surface area contributed by atoms with E-state index in [-0.39, 0.29) is 11.7 Å². The van der Waals surface area contributed by atoms with Crippen LogP contribution in [0.1, 0.15) is 32.2 Å². The van der Waals surface area contributed by atoms with Gasteiger partial charge >= 0.3 is 0 Å². The highest BCUT2D eigenvalue weighted by molar-refractivity contribution is 5.58. The van der Waals surface area contributed by atoms with Crippen LogP contribution in [0.25, 0.3) is 11.4 Å². The molecule has 0 radical (unpaired) electrons. The molecule has 0 aliphatic carbocycles. The number of rotatable bonds is 5. The molecule has 0 aliphatic rings. The Labute approximate surface area is 115 Å². The number of nitro groups is 1. The van der Waals surface area contributed by atoms with Gasteiger partial charge < -0.3 is 10.3 Å². The Bertz CT molecular complexity index is 609. The van der Waals surface area contributed by atoms with E-state index >= 15 is 0 Å². The fourth-order valence-corrected chi connectivity index (χ4v) is 1.87. The summed E-state index contributed by atoms with van der Waals surface area (Å²) >= 11 is 0. The number of benzene rings is 1. The Morgan fingerprint density at radius 3 is 2.85 bits per heavy atom. The average Bonchev–Trinajstić information content (AvgIpc) is 2.87. The molecule has 0 amide bonds. The molecular formula is C13H16N4O3. The predicted octanol–water partition coefficient (Wildman–Crippen LogP) is 2.69. The third-order valence-electron chi connectivity index (χ3n) is 2.80. The van der Waals surface area contributed by atoms with Crippen molar-refractivity contribution in [3.8, 4) is 11.4 Å². The molecule has 0 saturated carbocycles.